The third-order valence-electron chi connectivity index (χ3n) is 5.71. The number of thioether (sulfide) groups is 1. The molecule has 2 N–H and O–H groups in total. The van der Waals surface area contributed by atoms with E-state index in [9.17, 15) is 14.4 Å². The van der Waals surface area contributed by atoms with Crippen LogP contribution in [0.2, 0.25) is 0 Å². The van der Waals surface area contributed by atoms with Crippen molar-refractivity contribution in [3.8, 4) is 0 Å². The Morgan fingerprint density at radius 1 is 1.09 bits per heavy atom. The van der Waals surface area contributed by atoms with E-state index in [4.69, 9.17) is 0 Å². The number of amidine groups is 1. The number of piperidine rings is 1. The zero-order valence-corrected chi connectivity index (χ0v) is 19.5. The van der Waals surface area contributed by atoms with E-state index in [0.717, 1.165) is 36.7 Å². The molecule has 2 aliphatic heterocycles. The standard InChI is InChI=1S/C25H28N4O3S/c1-17-8-10-18(11-9-17)16-26-23(31)19-6-5-7-20(14-19)27-22(30)15-21-24(32)28-25(33-21)29-12-3-2-4-13-29/h5-11,14,21H,2-4,12-13,15-16H2,1H3,(H,26,31)(H,27,30)/t21-/m1/s1. The molecule has 8 heteroatoms. The summed E-state index contributed by atoms with van der Waals surface area (Å²) in [4.78, 5) is 43.7. The van der Waals surface area contributed by atoms with Gasteiger partial charge >= 0.3 is 0 Å². The summed E-state index contributed by atoms with van der Waals surface area (Å²) < 4.78 is 0. The Balaban J connectivity index is 1.29. The Bertz CT molecular complexity index is 1060. The number of aliphatic imine (C=N–C) groups is 1. The first-order chi connectivity index (χ1) is 16.0. The van der Waals surface area contributed by atoms with Crippen molar-refractivity contribution in [2.24, 2.45) is 4.99 Å². The van der Waals surface area contributed by atoms with Gasteiger partial charge in [-0.3, -0.25) is 14.4 Å². The van der Waals surface area contributed by atoms with Gasteiger partial charge in [-0.2, -0.15) is 4.99 Å². The molecular formula is C25H28N4O3S. The lowest BCUT2D eigenvalue weighted by Crippen LogP contribution is -2.33. The monoisotopic (exact) mass is 464 g/mol. The Morgan fingerprint density at radius 2 is 1.85 bits per heavy atom. The normalized spacial score (nSPS) is 18.1. The van der Waals surface area contributed by atoms with Crippen molar-refractivity contribution in [3.63, 3.8) is 0 Å². The van der Waals surface area contributed by atoms with Gasteiger partial charge < -0.3 is 15.5 Å². The molecule has 1 fully saturated rings. The second-order valence-electron chi connectivity index (χ2n) is 8.39. The summed E-state index contributed by atoms with van der Waals surface area (Å²) in [6.45, 7) is 4.27. The van der Waals surface area contributed by atoms with Gasteiger partial charge in [0.25, 0.3) is 11.8 Å². The number of hydrogen-bond donors (Lipinski definition) is 2. The Labute approximate surface area is 198 Å². The highest BCUT2D eigenvalue weighted by molar-refractivity contribution is 8.15. The van der Waals surface area contributed by atoms with Crippen LogP contribution in [-0.2, 0) is 16.1 Å². The summed E-state index contributed by atoms with van der Waals surface area (Å²) in [7, 11) is 0. The summed E-state index contributed by atoms with van der Waals surface area (Å²) in [6.07, 6.45) is 3.47. The van der Waals surface area contributed by atoms with Gasteiger partial charge in [0.1, 0.15) is 5.25 Å². The van der Waals surface area contributed by atoms with Crippen molar-refractivity contribution in [1.29, 1.82) is 0 Å². The van der Waals surface area contributed by atoms with Gasteiger partial charge in [0.2, 0.25) is 5.91 Å². The van der Waals surface area contributed by atoms with Crippen LogP contribution in [0.5, 0.6) is 0 Å². The summed E-state index contributed by atoms with van der Waals surface area (Å²) >= 11 is 1.38. The average molecular weight is 465 g/mol. The molecular weight excluding hydrogens is 436 g/mol. The third-order valence-corrected chi connectivity index (χ3v) is 6.92. The number of hydrogen-bond acceptors (Lipinski definition) is 5. The number of rotatable bonds is 6. The quantitative estimate of drug-likeness (QED) is 0.680. The molecule has 0 bridgehead atoms. The minimum Gasteiger partial charge on any atom is -0.351 e. The molecule has 0 aromatic heterocycles. The fourth-order valence-corrected chi connectivity index (χ4v) is 4.96. The number of aryl methyl sites for hydroxylation is 1. The molecule has 1 saturated heterocycles. The van der Waals surface area contributed by atoms with Gasteiger partial charge in [0.15, 0.2) is 5.17 Å². The molecule has 2 aliphatic rings. The zero-order chi connectivity index (χ0) is 23.2. The second-order valence-corrected chi connectivity index (χ2v) is 9.56. The predicted molar refractivity (Wildman–Crippen MR) is 131 cm³/mol. The number of carbonyl (C=O) groups excluding carboxylic acids is 3. The van der Waals surface area contributed by atoms with Gasteiger partial charge in [0, 0.05) is 37.3 Å². The van der Waals surface area contributed by atoms with Gasteiger partial charge in [0.05, 0.1) is 0 Å². The molecule has 2 aromatic carbocycles. The van der Waals surface area contributed by atoms with Crippen LogP contribution in [0.4, 0.5) is 5.69 Å². The van der Waals surface area contributed by atoms with Gasteiger partial charge in [-0.05, 0) is 49.9 Å². The number of likely N-dealkylation sites (tertiary alicyclic amines) is 1. The van der Waals surface area contributed by atoms with Crippen molar-refractivity contribution in [3.05, 3.63) is 65.2 Å². The molecule has 33 heavy (non-hydrogen) atoms. The van der Waals surface area contributed by atoms with Crippen LogP contribution in [0.25, 0.3) is 0 Å². The van der Waals surface area contributed by atoms with Crippen molar-refractivity contribution < 1.29 is 14.4 Å². The highest BCUT2D eigenvalue weighted by Crippen LogP contribution is 2.29. The molecule has 172 valence electrons. The Hall–Kier alpha value is -3.13. The van der Waals surface area contributed by atoms with Crippen molar-refractivity contribution in [2.45, 2.75) is 44.4 Å². The number of nitrogens with one attached hydrogen (secondary N) is 2. The summed E-state index contributed by atoms with van der Waals surface area (Å²) in [6, 6.07) is 14.8. The maximum Gasteiger partial charge on any atom is 0.262 e. The molecule has 0 unspecified atom stereocenters. The molecule has 2 heterocycles. The molecule has 0 radical (unpaired) electrons. The maximum atomic E-state index is 12.6. The second kappa shape index (κ2) is 10.7. The largest absolute Gasteiger partial charge is 0.351 e. The lowest BCUT2D eigenvalue weighted by molar-refractivity contribution is -0.121. The Morgan fingerprint density at radius 3 is 2.61 bits per heavy atom. The predicted octanol–water partition coefficient (Wildman–Crippen LogP) is 3.74. The number of nitrogens with zero attached hydrogens (tertiary/aromatic N) is 2. The summed E-state index contributed by atoms with van der Waals surface area (Å²) in [5.41, 5.74) is 3.17. The molecule has 0 saturated carbocycles. The molecule has 3 amide bonds. The van der Waals surface area contributed by atoms with Gasteiger partial charge in [-0.15, -0.1) is 0 Å². The third kappa shape index (κ3) is 6.22. The first kappa shape index (κ1) is 23.0. The van der Waals surface area contributed by atoms with Crippen LogP contribution >= 0.6 is 11.8 Å². The van der Waals surface area contributed by atoms with E-state index in [1.54, 1.807) is 24.3 Å². The van der Waals surface area contributed by atoms with Gasteiger partial charge in [-0.25, -0.2) is 0 Å². The van der Waals surface area contributed by atoms with Crippen molar-refractivity contribution >= 4 is 40.3 Å². The van der Waals surface area contributed by atoms with E-state index in [2.05, 4.69) is 20.5 Å². The van der Waals surface area contributed by atoms with E-state index in [0.29, 0.717) is 17.8 Å². The molecule has 0 spiro atoms. The summed E-state index contributed by atoms with van der Waals surface area (Å²) in [5, 5.41) is 5.95. The van der Waals surface area contributed by atoms with Crippen LogP contribution in [0.15, 0.2) is 53.5 Å². The average Bonchev–Trinajstić information content (AvgIpc) is 3.19. The summed E-state index contributed by atoms with van der Waals surface area (Å²) in [5.74, 6) is -0.735. The van der Waals surface area contributed by atoms with Crippen LogP contribution < -0.4 is 10.6 Å². The SMILES string of the molecule is Cc1ccc(CNC(=O)c2cccc(NC(=O)C[C@H]3SC(N4CCCCC4)=NC3=O)c2)cc1. The fraction of sp³-hybridized carbons (Fsp3) is 0.360. The van der Waals surface area contributed by atoms with E-state index in [-0.39, 0.29) is 24.1 Å². The number of amides is 3. The first-order valence-corrected chi connectivity index (χ1v) is 12.1. The Kier molecular flexibility index (Phi) is 7.44. The number of anilines is 1. The van der Waals surface area contributed by atoms with E-state index in [1.165, 1.54) is 23.7 Å². The van der Waals surface area contributed by atoms with Gasteiger partial charge in [-0.1, -0.05) is 47.7 Å². The van der Waals surface area contributed by atoms with E-state index < -0.39 is 5.25 Å². The smallest absolute Gasteiger partial charge is 0.262 e. The molecule has 1 atom stereocenters. The van der Waals surface area contributed by atoms with E-state index >= 15 is 0 Å². The molecule has 4 rings (SSSR count). The topological polar surface area (TPSA) is 90.9 Å². The van der Waals surface area contributed by atoms with Crippen LogP contribution in [0.3, 0.4) is 0 Å². The highest BCUT2D eigenvalue weighted by Gasteiger charge is 2.33. The minimum absolute atomic E-state index is 0.0498. The molecule has 2 aromatic rings. The number of benzene rings is 2. The van der Waals surface area contributed by atoms with Crippen molar-refractivity contribution in [1.82, 2.24) is 10.2 Å². The lowest BCUT2D eigenvalue weighted by atomic mass is 10.1. The highest BCUT2D eigenvalue weighted by atomic mass is 32.2. The van der Waals surface area contributed by atoms with E-state index in [1.807, 2.05) is 31.2 Å². The maximum absolute atomic E-state index is 12.6. The molecule has 7 nitrogen and oxygen atoms in total. The van der Waals surface area contributed by atoms with Crippen LogP contribution in [-0.4, -0.2) is 46.1 Å². The first-order valence-electron chi connectivity index (χ1n) is 11.3. The van der Waals surface area contributed by atoms with Crippen LogP contribution in [0.1, 0.15) is 47.2 Å². The zero-order valence-electron chi connectivity index (χ0n) is 18.7. The fourth-order valence-electron chi connectivity index (χ4n) is 3.84. The van der Waals surface area contributed by atoms with Crippen LogP contribution in [0, 0.1) is 6.92 Å². The minimum atomic E-state index is -0.497. The molecule has 0 aliphatic carbocycles. The lowest BCUT2D eigenvalue weighted by Gasteiger charge is -2.27. The van der Waals surface area contributed by atoms with Crippen molar-refractivity contribution in [2.75, 3.05) is 18.4 Å². The number of carbonyl (C=O) groups is 3.